The van der Waals surface area contributed by atoms with Crippen molar-refractivity contribution < 1.29 is 32.8 Å². The van der Waals surface area contributed by atoms with E-state index in [9.17, 15) is 27.6 Å². The lowest BCUT2D eigenvalue weighted by Gasteiger charge is -2.19. The number of hydrogen-bond donors (Lipinski definition) is 4. The Hall–Kier alpha value is -3.99. The molecule has 0 unspecified atom stereocenters. The molecular weight excluding hydrogens is 477 g/mol. The number of amides is 3. The number of carbonyl (C=O) groups is 3. The lowest BCUT2D eigenvalue weighted by Crippen LogP contribution is -2.43. The van der Waals surface area contributed by atoms with Crippen LogP contribution in [0, 0.1) is 0 Å². The standard InChI is InChI=1S/C25H25F3N4O4/c26-25(27,28)18-13-11-17(12-14-18)23(34)31-20(8-2-1-3-10-21(33)32-36)24(35)30-19-9-4-6-16-7-5-15-29-22(16)19/h4-7,9,11-15,20,36H,1-3,8,10H2,(H,30,35)(H,31,34)(H,32,33)/t20-/m0/s1. The van der Waals surface area contributed by atoms with Gasteiger partial charge in [0.25, 0.3) is 5.91 Å². The lowest BCUT2D eigenvalue weighted by atomic mass is 10.0. The van der Waals surface area contributed by atoms with E-state index in [0.29, 0.717) is 30.5 Å². The third kappa shape index (κ3) is 7.25. The molecule has 0 aliphatic carbocycles. The molecule has 190 valence electrons. The quantitative estimate of drug-likeness (QED) is 0.186. The fourth-order valence-corrected chi connectivity index (χ4v) is 3.61. The average molecular weight is 502 g/mol. The van der Waals surface area contributed by atoms with Gasteiger partial charge in [-0.25, -0.2) is 5.48 Å². The van der Waals surface area contributed by atoms with E-state index in [2.05, 4.69) is 15.6 Å². The normalized spacial score (nSPS) is 12.1. The maximum atomic E-state index is 13.1. The van der Waals surface area contributed by atoms with Gasteiger partial charge in [0.05, 0.1) is 16.8 Å². The third-order valence-corrected chi connectivity index (χ3v) is 5.51. The molecule has 0 radical (unpaired) electrons. The van der Waals surface area contributed by atoms with E-state index < -0.39 is 35.5 Å². The Kier molecular flexibility index (Phi) is 8.96. The van der Waals surface area contributed by atoms with Crippen LogP contribution in [0.15, 0.2) is 60.8 Å². The first kappa shape index (κ1) is 26.6. The van der Waals surface area contributed by atoms with Gasteiger partial charge >= 0.3 is 6.18 Å². The largest absolute Gasteiger partial charge is 0.416 e. The van der Waals surface area contributed by atoms with Crippen molar-refractivity contribution in [2.24, 2.45) is 0 Å². The Labute approximate surface area is 204 Å². The highest BCUT2D eigenvalue weighted by molar-refractivity contribution is 6.04. The summed E-state index contributed by atoms with van der Waals surface area (Å²) in [6.07, 6.45) is -1.15. The SMILES string of the molecule is O=C(CCCCC[C@H](NC(=O)c1ccc(C(F)(F)F)cc1)C(=O)Nc1cccc2cccnc12)NO. The molecule has 1 heterocycles. The van der Waals surface area contributed by atoms with E-state index in [0.717, 1.165) is 29.7 Å². The molecule has 3 rings (SSSR count). The molecule has 0 saturated heterocycles. The van der Waals surface area contributed by atoms with Crippen LogP contribution in [0.2, 0.25) is 0 Å². The van der Waals surface area contributed by atoms with Gasteiger partial charge < -0.3 is 10.6 Å². The van der Waals surface area contributed by atoms with Gasteiger partial charge in [0, 0.05) is 23.6 Å². The monoisotopic (exact) mass is 502 g/mol. The second kappa shape index (κ2) is 12.1. The van der Waals surface area contributed by atoms with Crippen LogP contribution in [-0.4, -0.2) is 34.0 Å². The van der Waals surface area contributed by atoms with Gasteiger partial charge in [-0.2, -0.15) is 13.2 Å². The number of nitrogens with one attached hydrogen (secondary N) is 3. The molecule has 36 heavy (non-hydrogen) atoms. The number of alkyl halides is 3. The molecule has 3 aromatic rings. The minimum Gasteiger partial charge on any atom is -0.340 e. The van der Waals surface area contributed by atoms with Gasteiger partial charge in [-0.1, -0.05) is 31.0 Å². The highest BCUT2D eigenvalue weighted by Gasteiger charge is 2.30. The number of hydroxylamine groups is 1. The molecule has 0 bridgehead atoms. The van der Waals surface area contributed by atoms with E-state index in [1.54, 1.807) is 29.9 Å². The Bertz CT molecular complexity index is 1210. The molecule has 11 heteroatoms. The number of para-hydroxylation sites is 1. The van der Waals surface area contributed by atoms with E-state index in [1.165, 1.54) is 0 Å². The summed E-state index contributed by atoms with van der Waals surface area (Å²) in [4.78, 5) is 41.3. The highest BCUT2D eigenvalue weighted by Crippen LogP contribution is 2.29. The number of anilines is 1. The maximum absolute atomic E-state index is 13.1. The molecule has 2 aromatic carbocycles. The first-order chi connectivity index (χ1) is 17.2. The van der Waals surface area contributed by atoms with Crippen molar-refractivity contribution in [2.45, 2.75) is 44.3 Å². The van der Waals surface area contributed by atoms with Gasteiger partial charge in [0.2, 0.25) is 11.8 Å². The maximum Gasteiger partial charge on any atom is 0.416 e. The van der Waals surface area contributed by atoms with Crippen LogP contribution in [0.25, 0.3) is 10.9 Å². The molecule has 0 spiro atoms. The summed E-state index contributed by atoms with van der Waals surface area (Å²) in [6.45, 7) is 0. The zero-order valence-corrected chi connectivity index (χ0v) is 19.1. The van der Waals surface area contributed by atoms with E-state index in [4.69, 9.17) is 5.21 Å². The van der Waals surface area contributed by atoms with Crippen LogP contribution in [-0.2, 0) is 15.8 Å². The molecule has 8 nitrogen and oxygen atoms in total. The molecule has 1 aromatic heterocycles. The summed E-state index contributed by atoms with van der Waals surface area (Å²) in [7, 11) is 0. The van der Waals surface area contributed by atoms with Gasteiger partial charge in [0.15, 0.2) is 0 Å². The molecule has 0 saturated carbocycles. The van der Waals surface area contributed by atoms with Crippen LogP contribution >= 0.6 is 0 Å². The second-order valence-electron chi connectivity index (χ2n) is 8.11. The van der Waals surface area contributed by atoms with Crippen LogP contribution in [0.1, 0.15) is 48.0 Å². The summed E-state index contributed by atoms with van der Waals surface area (Å²) < 4.78 is 38.5. The minimum absolute atomic E-state index is 0.0211. The number of carbonyl (C=O) groups excluding carboxylic acids is 3. The smallest absolute Gasteiger partial charge is 0.340 e. The van der Waals surface area contributed by atoms with Gasteiger partial charge in [-0.15, -0.1) is 0 Å². The van der Waals surface area contributed by atoms with E-state index in [-0.39, 0.29) is 18.4 Å². The number of pyridine rings is 1. The predicted octanol–water partition coefficient (Wildman–Crippen LogP) is 4.45. The fraction of sp³-hybridized carbons (Fsp3) is 0.280. The van der Waals surface area contributed by atoms with Crippen LogP contribution in [0.5, 0.6) is 0 Å². The number of fused-ring (bicyclic) bond motifs is 1. The molecular formula is C25H25F3N4O4. The van der Waals surface area contributed by atoms with Crippen molar-refractivity contribution >= 4 is 34.3 Å². The topological polar surface area (TPSA) is 120 Å². The number of aromatic nitrogens is 1. The summed E-state index contributed by atoms with van der Waals surface area (Å²) in [5, 5.41) is 14.8. The van der Waals surface area contributed by atoms with E-state index in [1.807, 2.05) is 12.1 Å². The molecule has 0 fully saturated rings. The number of unbranched alkanes of at least 4 members (excludes halogenated alkanes) is 2. The van der Waals surface area contributed by atoms with Gasteiger partial charge in [0.1, 0.15) is 6.04 Å². The zero-order valence-electron chi connectivity index (χ0n) is 19.1. The minimum atomic E-state index is -4.53. The van der Waals surface area contributed by atoms with Crippen LogP contribution in [0.4, 0.5) is 18.9 Å². The molecule has 4 N–H and O–H groups in total. The summed E-state index contributed by atoms with van der Waals surface area (Å²) in [5.41, 5.74) is 1.66. The number of hydrogen-bond acceptors (Lipinski definition) is 5. The molecule has 3 amide bonds. The lowest BCUT2D eigenvalue weighted by molar-refractivity contribution is -0.137. The van der Waals surface area contributed by atoms with Crippen molar-refractivity contribution in [1.82, 2.24) is 15.8 Å². The van der Waals surface area contributed by atoms with Crippen LogP contribution in [0.3, 0.4) is 0 Å². The first-order valence-corrected chi connectivity index (χ1v) is 11.2. The third-order valence-electron chi connectivity index (χ3n) is 5.51. The molecule has 0 aliphatic heterocycles. The average Bonchev–Trinajstić information content (AvgIpc) is 2.87. The Morgan fingerprint density at radius 1 is 0.944 bits per heavy atom. The fourth-order valence-electron chi connectivity index (χ4n) is 3.61. The van der Waals surface area contributed by atoms with E-state index >= 15 is 0 Å². The highest BCUT2D eigenvalue weighted by atomic mass is 19.4. The number of benzene rings is 2. The Morgan fingerprint density at radius 2 is 1.67 bits per heavy atom. The number of nitrogens with zero attached hydrogens (tertiary/aromatic N) is 1. The van der Waals surface area contributed by atoms with Crippen molar-refractivity contribution in [3.8, 4) is 0 Å². The van der Waals surface area contributed by atoms with Crippen molar-refractivity contribution in [1.29, 1.82) is 0 Å². The number of rotatable bonds is 10. The second-order valence-corrected chi connectivity index (χ2v) is 8.11. The summed E-state index contributed by atoms with van der Waals surface area (Å²) in [5.74, 6) is -1.73. The van der Waals surface area contributed by atoms with Crippen LogP contribution < -0.4 is 16.1 Å². The number of halogens is 3. The summed E-state index contributed by atoms with van der Waals surface area (Å²) in [6, 6.07) is 11.6. The van der Waals surface area contributed by atoms with Gasteiger partial charge in [-0.05, 0) is 49.2 Å². The van der Waals surface area contributed by atoms with Gasteiger partial charge in [-0.3, -0.25) is 24.6 Å². The zero-order chi connectivity index (χ0) is 26.1. The molecule has 1 atom stereocenters. The first-order valence-electron chi connectivity index (χ1n) is 11.2. The Balaban J connectivity index is 1.72. The molecule has 0 aliphatic rings. The Morgan fingerprint density at radius 3 is 2.36 bits per heavy atom. The predicted molar refractivity (Wildman–Crippen MR) is 126 cm³/mol. The van der Waals surface area contributed by atoms with Crippen molar-refractivity contribution in [3.05, 3.63) is 71.9 Å². The van der Waals surface area contributed by atoms with Crippen molar-refractivity contribution in [3.63, 3.8) is 0 Å². The summed E-state index contributed by atoms with van der Waals surface area (Å²) >= 11 is 0. The van der Waals surface area contributed by atoms with Crippen molar-refractivity contribution in [2.75, 3.05) is 5.32 Å².